The second-order valence-corrected chi connectivity index (χ2v) is 3.89. The molecule has 3 aromatic rings. The fourth-order valence-corrected chi connectivity index (χ4v) is 1.93. The van der Waals surface area contributed by atoms with E-state index in [0.717, 1.165) is 12.4 Å². The van der Waals surface area contributed by atoms with Gasteiger partial charge in [0.15, 0.2) is 0 Å². The van der Waals surface area contributed by atoms with Gasteiger partial charge in [0.05, 0.1) is 6.54 Å². The van der Waals surface area contributed by atoms with E-state index < -0.39 is 0 Å². The van der Waals surface area contributed by atoms with Gasteiger partial charge in [0.2, 0.25) is 0 Å². The van der Waals surface area contributed by atoms with Gasteiger partial charge < -0.3 is 10.3 Å². The molecule has 5 heteroatoms. The highest BCUT2D eigenvalue weighted by atomic mass is 15.2. The Kier molecular flexibility index (Phi) is 2.59. The van der Waals surface area contributed by atoms with Crippen molar-refractivity contribution >= 4 is 10.9 Å². The molecule has 0 fully saturated rings. The first-order valence-electron chi connectivity index (χ1n) is 5.53. The molecule has 0 atom stereocenters. The Bertz CT molecular complexity index is 596. The highest BCUT2D eigenvalue weighted by Crippen LogP contribution is 2.16. The minimum Gasteiger partial charge on any atom is -0.361 e. The lowest BCUT2D eigenvalue weighted by Crippen LogP contribution is -2.14. The van der Waals surface area contributed by atoms with Gasteiger partial charge in [-0.05, 0) is 17.0 Å². The summed E-state index contributed by atoms with van der Waals surface area (Å²) in [5, 5.41) is 11.2. The van der Waals surface area contributed by atoms with Crippen molar-refractivity contribution in [3.8, 4) is 0 Å². The number of fused-ring (bicyclic) bond motifs is 1. The Morgan fingerprint density at radius 2 is 2.18 bits per heavy atom. The molecule has 2 aromatic heterocycles. The largest absolute Gasteiger partial charge is 0.361 e. The summed E-state index contributed by atoms with van der Waals surface area (Å²) in [5.41, 5.74) is 2.45. The van der Waals surface area contributed by atoms with Crippen LogP contribution >= 0.6 is 0 Å². The maximum Gasteiger partial charge on any atom is 0.138 e. The zero-order valence-corrected chi connectivity index (χ0v) is 9.27. The monoisotopic (exact) mass is 227 g/mol. The number of H-pyrrole nitrogens is 2. The molecule has 2 heterocycles. The van der Waals surface area contributed by atoms with Gasteiger partial charge in [-0.1, -0.05) is 18.2 Å². The van der Waals surface area contributed by atoms with E-state index in [1.54, 1.807) is 0 Å². The van der Waals surface area contributed by atoms with Crippen LogP contribution in [-0.2, 0) is 13.1 Å². The third kappa shape index (κ3) is 2.05. The van der Waals surface area contributed by atoms with E-state index in [1.165, 1.54) is 22.8 Å². The molecule has 0 unspecified atom stereocenters. The number of aromatic nitrogens is 4. The van der Waals surface area contributed by atoms with Gasteiger partial charge >= 0.3 is 0 Å². The maximum absolute atomic E-state index is 4.06. The molecule has 0 saturated carbocycles. The smallest absolute Gasteiger partial charge is 0.138 e. The number of aromatic amines is 2. The number of para-hydroxylation sites is 1. The molecule has 0 spiro atoms. The van der Waals surface area contributed by atoms with Crippen LogP contribution in [0.4, 0.5) is 0 Å². The second-order valence-electron chi connectivity index (χ2n) is 3.89. The number of nitrogens with zero attached hydrogens (tertiary/aromatic N) is 2. The van der Waals surface area contributed by atoms with Gasteiger partial charge in [-0.3, -0.25) is 5.10 Å². The molecule has 0 radical (unpaired) electrons. The first-order chi connectivity index (χ1) is 8.43. The van der Waals surface area contributed by atoms with Crippen molar-refractivity contribution in [1.82, 2.24) is 25.5 Å². The summed E-state index contributed by atoms with van der Waals surface area (Å²) in [6, 6.07) is 8.37. The molecule has 0 aliphatic carbocycles. The van der Waals surface area contributed by atoms with Crippen molar-refractivity contribution in [2.24, 2.45) is 0 Å². The first kappa shape index (κ1) is 10.0. The molecule has 17 heavy (non-hydrogen) atoms. The SMILES string of the molecule is c1cc(CNCc2ncn[nH]2)c2[nH]ccc2c1. The quantitative estimate of drug-likeness (QED) is 0.633. The number of nitrogens with one attached hydrogen (secondary N) is 3. The predicted molar refractivity (Wildman–Crippen MR) is 65.2 cm³/mol. The highest BCUT2D eigenvalue weighted by Gasteiger charge is 2.01. The fraction of sp³-hybridized carbons (Fsp3) is 0.167. The molecule has 3 N–H and O–H groups in total. The molecule has 0 aliphatic heterocycles. The molecule has 5 nitrogen and oxygen atoms in total. The Balaban J connectivity index is 1.70. The lowest BCUT2D eigenvalue weighted by Gasteiger charge is -2.04. The maximum atomic E-state index is 4.06. The standard InChI is InChI=1S/C12H13N5/c1-2-9-4-5-14-12(9)10(3-1)6-13-7-11-15-8-16-17-11/h1-5,8,13-14H,6-7H2,(H,15,16,17). The summed E-state index contributed by atoms with van der Waals surface area (Å²) < 4.78 is 0. The average molecular weight is 227 g/mol. The predicted octanol–water partition coefficient (Wildman–Crippen LogP) is 1.58. The van der Waals surface area contributed by atoms with Crippen LogP contribution in [0.15, 0.2) is 36.8 Å². The molecule has 0 bridgehead atoms. The van der Waals surface area contributed by atoms with Crippen molar-refractivity contribution in [2.75, 3.05) is 0 Å². The molecule has 1 aromatic carbocycles. The molecule has 3 rings (SSSR count). The van der Waals surface area contributed by atoms with Crippen molar-refractivity contribution in [3.05, 3.63) is 48.2 Å². The van der Waals surface area contributed by atoms with E-state index in [9.17, 15) is 0 Å². The first-order valence-corrected chi connectivity index (χ1v) is 5.53. The lowest BCUT2D eigenvalue weighted by molar-refractivity contribution is 0.667. The van der Waals surface area contributed by atoms with Gasteiger partial charge in [-0.2, -0.15) is 5.10 Å². The van der Waals surface area contributed by atoms with Gasteiger partial charge in [0.1, 0.15) is 12.2 Å². The Morgan fingerprint density at radius 1 is 1.18 bits per heavy atom. The van der Waals surface area contributed by atoms with E-state index in [2.05, 4.69) is 49.7 Å². The Morgan fingerprint density at radius 3 is 3.06 bits per heavy atom. The molecular formula is C12H13N5. The van der Waals surface area contributed by atoms with E-state index in [-0.39, 0.29) is 0 Å². The van der Waals surface area contributed by atoms with Crippen LogP contribution in [0, 0.1) is 0 Å². The van der Waals surface area contributed by atoms with Crippen LogP contribution in [0.5, 0.6) is 0 Å². The summed E-state index contributed by atoms with van der Waals surface area (Å²) >= 11 is 0. The van der Waals surface area contributed by atoms with E-state index in [0.29, 0.717) is 6.54 Å². The van der Waals surface area contributed by atoms with Gasteiger partial charge in [-0.15, -0.1) is 0 Å². The lowest BCUT2D eigenvalue weighted by atomic mass is 10.1. The summed E-state index contributed by atoms with van der Waals surface area (Å²) in [7, 11) is 0. The third-order valence-corrected chi connectivity index (χ3v) is 2.75. The topological polar surface area (TPSA) is 69.4 Å². The third-order valence-electron chi connectivity index (χ3n) is 2.75. The van der Waals surface area contributed by atoms with Gasteiger partial charge in [0.25, 0.3) is 0 Å². The van der Waals surface area contributed by atoms with Crippen LogP contribution in [0.1, 0.15) is 11.4 Å². The van der Waals surface area contributed by atoms with Crippen molar-refractivity contribution < 1.29 is 0 Å². The summed E-state index contributed by atoms with van der Waals surface area (Å²) in [5.74, 6) is 0.851. The average Bonchev–Trinajstić information content (AvgIpc) is 2.99. The van der Waals surface area contributed by atoms with E-state index in [4.69, 9.17) is 0 Å². The van der Waals surface area contributed by atoms with Crippen molar-refractivity contribution in [2.45, 2.75) is 13.1 Å². The number of hydrogen-bond acceptors (Lipinski definition) is 3. The summed E-state index contributed by atoms with van der Waals surface area (Å²) in [4.78, 5) is 7.32. The molecule has 0 aliphatic rings. The van der Waals surface area contributed by atoms with Gasteiger partial charge in [0, 0.05) is 18.3 Å². The van der Waals surface area contributed by atoms with Crippen LogP contribution < -0.4 is 5.32 Å². The van der Waals surface area contributed by atoms with Crippen LogP contribution in [0.25, 0.3) is 10.9 Å². The molecular weight excluding hydrogens is 214 g/mol. The van der Waals surface area contributed by atoms with Gasteiger partial charge in [-0.25, -0.2) is 4.98 Å². The van der Waals surface area contributed by atoms with E-state index in [1.807, 2.05) is 6.20 Å². The number of rotatable bonds is 4. The minimum atomic E-state index is 0.692. The van der Waals surface area contributed by atoms with Crippen LogP contribution in [-0.4, -0.2) is 20.2 Å². The Labute approximate surface area is 98.3 Å². The zero-order chi connectivity index (χ0) is 11.5. The number of hydrogen-bond donors (Lipinski definition) is 3. The Hall–Kier alpha value is -2.14. The zero-order valence-electron chi connectivity index (χ0n) is 9.27. The van der Waals surface area contributed by atoms with Crippen LogP contribution in [0.2, 0.25) is 0 Å². The normalized spacial score (nSPS) is 11.1. The number of benzene rings is 1. The second kappa shape index (κ2) is 4.39. The van der Waals surface area contributed by atoms with E-state index >= 15 is 0 Å². The van der Waals surface area contributed by atoms with Crippen molar-refractivity contribution in [3.63, 3.8) is 0 Å². The highest BCUT2D eigenvalue weighted by molar-refractivity contribution is 5.82. The molecule has 0 amide bonds. The summed E-state index contributed by atoms with van der Waals surface area (Å²) in [6.07, 6.45) is 3.48. The van der Waals surface area contributed by atoms with Crippen LogP contribution in [0.3, 0.4) is 0 Å². The molecule has 0 saturated heterocycles. The summed E-state index contributed by atoms with van der Waals surface area (Å²) in [6.45, 7) is 1.50. The fourth-order valence-electron chi connectivity index (χ4n) is 1.93. The molecule has 86 valence electrons. The minimum absolute atomic E-state index is 0.692. The van der Waals surface area contributed by atoms with Crippen molar-refractivity contribution in [1.29, 1.82) is 0 Å².